The molecule has 0 N–H and O–H groups in total. The highest BCUT2D eigenvalue weighted by Crippen LogP contribution is 2.30. The lowest BCUT2D eigenvalue weighted by Crippen LogP contribution is -2.53. The van der Waals surface area contributed by atoms with Crippen molar-refractivity contribution in [3.8, 4) is 5.75 Å². The quantitative estimate of drug-likeness (QED) is 0.707. The number of nitrogens with zero attached hydrogens (tertiary/aromatic N) is 4. The normalized spacial score (nSPS) is 20.6. The molecule has 2 aliphatic heterocycles. The van der Waals surface area contributed by atoms with Gasteiger partial charge >= 0.3 is 0 Å². The van der Waals surface area contributed by atoms with E-state index in [0.29, 0.717) is 37.0 Å². The number of methoxy groups -OCH3 is 1. The molecule has 32 heavy (non-hydrogen) atoms. The molecule has 0 bridgehead atoms. The summed E-state index contributed by atoms with van der Waals surface area (Å²) >= 11 is 1.33. The Kier molecular flexibility index (Phi) is 6.64. The summed E-state index contributed by atoms with van der Waals surface area (Å²) in [6, 6.07) is 13.6. The van der Waals surface area contributed by atoms with Crippen LogP contribution < -0.4 is 9.64 Å². The van der Waals surface area contributed by atoms with Crippen LogP contribution in [0.5, 0.6) is 5.75 Å². The Morgan fingerprint density at radius 3 is 2.34 bits per heavy atom. The fourth-order valence-electron chi connectivity index (χ4n) is 3.70. The number of aliphatic imine (C=N–C) groups is 1. The molecule has 2 aromatic rings. The summed E-state index contributed by atoms with van der Waals surface area (Å²) < 4.78 is 18.3. The van der Waals surface area contributed by atoms with Crippen LogP contribution in [0.15, 0.2) is 53.5 Å². The largest absolute Gasteiger partial charge is 0.497 e. The van der Waals surface area contributed by atoms with Gasteiger partial charge in [-0.25, -0.2) is 9.38 Å². The van der Waals surface area contributed by atoms with Crippen molar-refractivity contribution in [3.63, 3.8) is 0 Å². The predicted molar refractivity (Wildman–Crippen MR) is 124 cm³/mol. The average molecular weight is 457 g/mol. The second-order valence-electron chi connectivity index (χ2n) is 7.64. The maximum atomic E-state index is 13.2. The standard InChI is InChI=1S/C23H25FN4O3S/c1-26-21(29)15-20(32-23(26)25-17-5-9-19(31-2)10-6-17)22(30)28-13-11-27(12-14-28)18-7-3-16(24)4-8-18/h3-10,20H,11-15H2,1-2H3/t20-/m0/s1. The van der Waals surface area contributed by atoms with Crippen LogP contribution in [0.3, 0.4) is 0 Å². The Balaban J connectivity index is 1.41. The van der Waals surface area contributed by atoms with E-state index in [1.165, 1.54) is 28.8 Å². The highest BCUT2D eigenvalue weighted by molar-refractivity contribution is 8.15. The number of amides is 2. The molecule has 0 spiro atoms. The molecule has 168 valence electrons. The second kappa shape index (κ2) is 9.60. The minimum atomic E-state index is -0.493. The second-order valence-corrected chi connectivity index (χ2v) is 8.81. The van der Waals surface area contributed by atoms with Gasteiger partial charge in [0.25, 0.3) is 0 Å². The molecule has 2 heterocycles. The molecule has 2 aromatic carbocycles. The molecule has 4 rings (SSSR count). The number of piperazine rings is 1. The molecule has 0 radical (unpaired) electrons. The van der Waals surface area contributed by atoms with Gasteiger partial charge in [0.05, 0.1) is 12.8 Å². The number of carbonyl (C=O) groups excluding carboxylic acids is 2. The first-order valence-corrected chi connectivity index (χ1v) is 11.3. The zero-order chi connectivity index (χ0) is 22.7. The SMILES string of the molecule is COc1ccc(N=C2S[C@H](C(=O)N3CCN(c4ccc(F)cc4)CC3)CC(=O)N2C)cc1. The van der Waals surface area contributed by atoms with Crippen molar-refractivity contribution in [1.82, 2.24) is 9.80 Å². The third kappa shape index (κ3) is 4.88. The molecule has 7 nitrogen and oxygen atoms in total. The smallest absolute Gasteiger partial charge is 0.236 e. The Labute approximate surface area is 190 Å². The van der Waals surface area contributed by atoms with E-state index in [4.69, 9.17) is 4.74 Å². The number of amidine groups is 1. The topological polar surface area (TPSA) is 65.5 Å². The van der Waals surface area contributed by atoms with Gasteiger partial charge in [-0.3, -0.25) is 14.5 Å². The highest BCUT2D eigenvalue weighted by Gasteiger charge is 2.37. The minimum Gasteiger partial charge on any atom is -0.497 e. The zero-order valence-corrected chi connectivity index (χ0v) is 18.8. The summed E-state index contributed by atoms with van der Waals surface area (Å²) in [7, 11) is 3.28. The predicted octanol–water partition coefficient (Wildman–Crippen LogP) is 3.13. The highest BCUT2D eigenvalue weighted by atomic mass is 32.2. The Morgan fingerprint density at radius 1 is 1.06 bits per heavy atom. The number of benzene rings is 2. The van der Waals surface area contributed by atoms with Crippen LogP contribution in [0.25, 0.3) is 0 Å². The van der Waals surface area contributed by atoms with Gasteiger partial charge in [-0.05, 0) is 48.5 Å². The lowest BCUT2D eigenvalue weighted by Gasteiger charge is -2.38. The Bertz CT molecular complexity index is 1000. The maximum Gasteiger partial charge on any atom is 0.236 e. The average Bonchev–Trinajstić information content (AvgIpc) is 2.82. The van der Waals surface area contributed by atoms with Crippen LogP contribution in [0.2, 0.25) is 0 Å². The first-order chi connectivity index (χ1) is 15.4. The molecule has 2 saturated heterocycles. The maximum absolute atomic E-state index is 13.2. The summed E-state index contributed by atoms with van der Waals surface area (Å²) in [5, 5.41) is 0.0165. The molecule has 2 amide bonds. The number of ether oxygens (including phenoxy) is 1. The molecule has 0 unspecified atom stereocenters. The number of hydrogen-bond acceptors (Lipinski definition) is 6. The van der Waals surface area contributed by atoms with Crippen LogP contribution in [0, 0.1) is 5.82 Å². The Morgan fingerprint density at radius 2 is 1.72 bits per heavy atom. The molecular formula is C23H25FN4O3S. The van der Waals surface area contributed by atoms with Crippen LogP contribution >= 0.6 is 11.8 Å². The zero-order valence-electron chi connectivity index (χ0n) is 18.0. The fourth-order valence-corrected chi connectivity index (χ4v) is 4.85. The van der Waals surface area contributed by atoms with Crippen molar-refractivity contribution < 1.29 is 18.7 Å². The lowest BCUT2D eigenvalue weighted by molar-refractivity contribution is -0.134. The number of halogens is 1. The van der Waals surface area contributed by atoms with Crippen molar-refractivity contribution in [2.45, 2.75) is 11.7 Å². The first kappa shape index (κ1) is 22.1. The van der Waals surface area contributed by atoms with Gasteiger partial charge in [0.1, 0.15) is 16.8 Å². The van der Waals surface area contributed by atoms with Crippen molar-refractivity contribution in [2.24, 2.45) is 4.99 Å². The van der Waals surface area contributed by atoms with E-state index in [1.807, 2.05) is 12.1 Å². The van der Waals surface area contributed by atoms with Gasteiger partial charge in [-0.15, -0.1) is 0 Å². The van der Waals surface area contributed by atoms with E-state index < -0.39 is 5.25 Å². The molecule has 9 heteroatoms. The summed E-state index contributed by atoms with van der Waals surface area (Å²) in [6.07, 6.45) is 0.153. The summed E-state index contributed by atoms with van der Waals surface area (Å²) in [6.45, 7) is 2.44. The molecule has 0 aliphatic carbocycles. The van der Waals surface area contributed by atoms with Gasteiger partial charge < -0.3 is 14.5 Å². The van der Waals surface area contributed by atoms with Crippen LogP contribution in [0.1, 0.15) is 6.42 Å². The van der Waals surface area contributed by atoms with E-state index in [1.54, 1.807) is 43.3 Å². The van der Waals surface area contributed by atoms with Crippen molar-refractivity contribution in [1.29, 1.82) is 0 Å². The summed E-state index contributed by atoms with van der Waals surface area (Å²) in [5.41, 5.74) is 1.63. The van der Waals surface area contributed by atoms with E-state index in [-0.39, 0.29) is 24.1 Å². The number of anilines is 1. The van der Waals surface area contributed by atoms with Crippen LogP contribution in [-0.2, 0) is 9.59 Å². The van der Waals surface area contributed by atoms with Crippen LogP contribution in [0.4, 0.5) is 15.8 Å². The molecule has 1 atom stereocenters. The van der Waals surface area contributed by atoms with Crippen molar-refractivity contribution in [2.75, 3.05) is 45.2 Å². The minimum absolute atomic E-state index is 0.0439. The van der Waals surface area contributed by atoms with Crippen molar-refractivity contribution in [3.05, 3.63) is 54.3 Å². The van der Waals surface area contributed by atoms with Gasteiger partial charge in [0.15, 0.2) is 5.17 Å². The summed E-state index contributed by atoms with van der Waals surface area (Å²) in [4.78, 5) is 35.8. The molecule has 2 aliphatic rings. The summed E-state index contributed by atoms with van der Waals surface area (Å²) in [5.74, 6) is 0.290. The monoisotopic (exact) mass is 456 g/mol. The lowest BCUT2D eigenvalue weighted by atomic mass is 10.2. The number of carbonyl (C=O) groups is 2. The van der Waals surface area contributed by atoms with Crippen LogP contribution in [-0.4, -0.2) is 72.4 Å². The van der Waals surface area contributed by atoms with Crippen molar-refractivity contribution >= 4 is 40.1 Å². The third-order valence-electron chi connectivity index (χ3n) is 5.62. The van der Waals surface area contributed by atoms with E-state index in [0.717, 1.165) is 11.4 Å². The molecule has 2 fully saturated rings. The third-order valence-corrected chi connectivity index (χ3v) is 6.85. The van der Waals surface area contributed by atoms with Gasteiger partial charge in [-0.1, -0.05) is 11.8 Å². The molecular weight excluding hydrogens is 431 g/mol. The van der Waals surface area contributed by atoms with Gasteiger partial charge in [0, 0.05) is 45.3 Å². The van der Waals surface area contributed by atoms with E-state index >= 15 is 0 Å². The first-order valence-electron chi connectivity index (χ1n) is 10.4. The molecule has 0 saturated carbocycles. The van der Waals surface area contributed by atoms with E-state index in [2.05, 4.69) is 9.89 Å². The van der Waals surface area contributed by atoms with Gasteiger partial charge in [-0.2, -0.15) is 0 Å². The van der Waals surface area contributed by atoms with Gasteiger partial charge in [0.2, 0.25) is 11.8 Å². The number of rotatable bonds is 4. The Hall–Kier alpha value is -3.07. The fraction of sp³-hybridized carbons (Fsp3) is 0.348. The number of thioether (sulfide) groups is 1. The van der Waals surface area contributed by atoms with E-state index in [9.17, 15) is 14.0 Å². The molecule has 0 aromatic heterocycles. The number of hydrogen-bond donors (Lipinski definition) is 0.